The van der Waals surface area contributed by atoms with Gasteiger partial charge in [-0.2, -0.15) is 0 Å². The molecule has 2 atom stereocenters. The highest BCUT2D eigenvalue weighted by Gasteiger charge is 2.18. The Morgan fingerprint density at radius 2 is 0.617 bits per heavy atom. The number of aliphatic hydroxyl groups is 2. The predicted octanol–water partition coefficient (Wildman–Crippen LogP) is 23.6. The van der Waals surface area contributed by atoms with E-state index in [0.29, 0.717) is 19.4 Å². The van der Waals surface area contributed by atoms with Gasteiger partial charge in [-0.05, 0) is 89.9 Å². The van der Waals surface area contributed by atoms with Crippen molar-refractivity contribution in [1.82, 2.24) is 5.32 Å². The molecule has 0 aliphatic heterocycles. The summed E-state index contributed by atoms with van der Waals surface area (Å²) in [5.74, 6) is -0.0715. The average molecular weight is 1140 g/mol. The van der Waals surface area contributed by atoms with Gasteiger partial charge in [0.15, 0.2) is 0 Å². The molecule has 0 bridgehead atoms. The van der Waals surface area contributed by atoms with Crippen LogP contribution in [-0.4, -0.2) is 47.4 Å². The third kappa shape index (κ3) is 66.8. The van der Waals surface area contributed by atoms with Crippen molar-refractivity contribution in [3.8, 4) is 0 Å². The van der Waals surface area contributed by atoms with E-state index >= 15 is 0 Å². The zero-order valence-corrected chi connectivity index (χ0v) is 54.5. The van der Waals surface area contributed by atoms with Crippen LogP contribution in [0.25, 0.3) is 0 Å². The Kier molecular flexibility index (Phi) is 68.4. The van der Waals surface area contributed by atoms with Gasteiger partial charge in [0.25, 0.3) is 0 Å². The summed E-state index contributed by atoms with van der Waals surface area (Å²) in [5.41, 5.74) is 0. The molecule has 1 amide bonds. The summed E-state index contributed by atoms with van der Waals surface area (Å²) in [7, 11) is 0. The van der Waals surface area contributed by atoms with E-state index in [1.165, 1.54) is 308 Å². The van der Waals surface area contributed by atoms with E-state index < -0.39 is 12.1 Å². The van der Waals surface area contributed by atoms with Crippen LogP contribution in [-0.2, 0) is 14.3 Å². The third-order valence-electron chi connectivity index (χ3n) is 16.8. The van der Waals surface area contributed by atoms with Crippen molar-refractivity contribution in [2.75, 3.05) is 13.2 Å². The summed E-state index contributed by atoms with van der Waals surface area (Å²) in [4.78, 5) is 24.6. The van der Waals surface area contributed by atoms with Crippen molar-refractivity contribution < 1.29 is 24.5 Å². The Labute approximate surface area is 506 Å². The van der Waals surface area contributed by atoms with Gasteiger partial charge in [-0.25, -0.2) is 0 Å². The highest BCUT2D eigenvalue weighted by Crippen LogP contribution is 2.18. The number of allylic oxidation sites excluding steroid dienone is 7. The number of hydrogen-bond acceptors (Lipinski definition) is 5. The van der Waals surface area contributed by atoms with Gasteiger partial charge in [-0.1, -0.05) is 339 Å². The molecule has 476 valence electrons. The fourth-order valence-electron chi connectivity index (χ4n) is 11.3. The number of nitrogens with one attached hydrogen (secondary N) is 1. The van der Waals surface area contributed by atoms with Gasteiger partial charge in [0, 0.05) is 12.8 Å². The minimum absolute atomic E-state index is 0.000734. The summed E-state index contributed by atoms with van der Waals surface area (Å²) in [6, 6.07) is -0.636. The first-order valence-electron chi connectivity index (χ1n) is 36.4. The molecule has 0 saturated carbocycles. The number of esters is 1. The lowest BCUT2D eigenvalue weighted by molar-refractivity contribution is -0.143. The van der Waals surface area contributed by atoms with Crippen molar-refractivity contribution in [3.05, 3.63) is 48.6 Å². The standard InChI is InChI=1S/C75H141NO5/c1-3-5-7-9-11-13-15-17-19-21-23-24-25-26-27-29-32-35-39-43-47-51-55-59-63-67-73(78)72(71-77)76-74(79)68-64-60-56-52-48-44-40-36-33-30-28-31-34-38-42-46-50-54-58-62-66-70-81-75(80)69-65-61-57-53-49-45-41-37-22-20-18-16-14-12-10-8-6-4-2/h14,16,20,22,30,33,63,67,72-73,77-78H,3-13,15,17-19,21,23-29,31-32,34-62,64-66,68-71H2,1-2H3,(H,76,79)/b16-14-,22-20-,33-30-,67-63+. The number of unbranched alkanes of at least 4 members (excludes halogenated alkanes) is 51. The van der Waals surface area contributed by atoms with Crippen LogP contribution < -0.4 is 5.32 Å². The summed E-state index contributed by atoms with van der Waals surface area (Å²) in [5, 5.41) is 23.3. The number of carbonyl (C=O) groups is 2. The van der Waals surface area contributed by atoms with Crippen LogP contribution in [0.1, 0.15) is 393 Å². The van der Waals surface area contributed by atoms with Crippen molar-refractivity contribution in [2.24, 2.45) is 0 Å². The minimum Gasteiger partial charge on any atom is -0.466 e. The normalized spacial score (nSPS) is 12.8. The van der Waals surface area contributed by atoms with Crippen molar-refractivity contribution >= 4 is 11.9 Å². The maximum Gasteiger partial charge on any atom is 0.305 e. The Morgan fingerprint density at radius 3 is 0.963 bits per heavy atom. The third-order valence-corrected chi connectivity index (χ3v) is 16.8. The lowest BCUT2D eigenvalue weighted by Gasteiger charge is -2.20. The Bertz CT molecular complexity index is 1360. The molecule has 0 saturated heterocycles. The minimum atomic E-state index is -0.852. The Hall–Kier alpha value is -2.18. The van der Waals surface area contributed by atoms with Gasteiger partial charge < -0.3 is 20.3 Å². The van der Waals surface area contributed by atoms with E-state index in [-0.39, 0.29) is 18.5 Å². The highest BCUT2D eigenvalue weighted by atomic mass is 16.5. The number of hydrogen-bond donors (Lipinski definition) is 3. The predicted molar refractivity (Wildman–Crippen MR) is 356 cm³/mol. The topological polar surface area (TPSA) is 95.9 Å². The molecule has 0 radical (unpaired) electrons. The molecule has 0 rings (SSSR count). The maximum atomic E-state index is 12.5. The van der Waals surface area contributed by atoms with E-state index in [4.69, 9.17) is 4.74 Å². The summed E-state index contributed by atoms with van der Waals surface area (Å²) < 4.78 is 5.50. The second-order valence-corrected chi connectivity index (χ2v) is 24.9. The molecule has 6 heteroatoms. The first kappa shape index (κ1) is 78.8. The lowest BCUT2D eigenvalue weighted by atomic mass is 10.0. The molecule has 0 aromatic carbocycles. The molecule has 2 unspecified atom stereocenters. The average Bonchev–Trinajstić information content (AvgIpc) is 3.47. The second kappa shape index (κ2) is 70.3. The van der Waals surface area contributed by atoms with Gasteiger partial charge >= 0.3 is 5.97 Å². The molecule has 3 N–H and O–H groups in total. The highest BCUT2D eigenvalue weighted by molar-refractivity contribution is 5.76. The van der Waals surface area contributed by atoms with Crippen LogP contribution in [0.15, 0.2) is 48.6 Å². The molecule has 0 aliphatic rings. The zero-order chi connectivity index (χ0) is 58.5. The fourth-order valence-corrected chi connectivity index (χ4v) is 11.3. The van der Waals surface area contributed by atoms with Crippen LogP contribution in [0.5, 0.6) is 0 Å². The largest absolute Gasteiger partial charge is 0.466 e. The molecule has 0 aromatic heterocycles. The number of rotatable bonds is 68. The summed E-state index contributed by atoms with van der Waals surface area (Å²) in [6.07, 6.45) is 91.9. The van der Waals surface area contributed by atoms with E-state index in [0.717, 1.165) is 57.8 Å². The van der Waals surface area contributed by atoms with Gasteiger partial charge in [0.05, 0.1) is 25.4 Å². The second-order valence-electron chi connectivity index (χ2n) is 24.9. The molecule has 0 spiro atoms. The lowest BCUT2D eigenvalue weighted by Crippen LogP contribution is -2.45. The molecule has 0 fully saturated rings. The fraction of sp³-hybridized carbons (Fsp3) is 0.867. The van der Waals surface area contributed by atoms with Crippen molar-refractivity contribution in [3.63, 3.8) is 0 Å². The van der Waals surface area contributed by atoms with E-state index in [9.17, 15) is 19.8 Å². The van der Waals surface area contributed by atoms with Gasteiger partial charge in [-0.3, -0.25) is 9.59 Å². The molecule has 6 nitrogen and oxygen atoms in total. The Balaban J connectivity index is 3.45. The van der Waals surface area contributed by atoms with Crippen LogP contribution >= 0.6 is 0 Å². The van der Waals surface area contributed by atoms with Gasteiger partial charge in [0.2, 0.25) is 5.91 Å². The maximum absolute atomic E-state index is 12.5. The Morgan fingerprint density at radius 1 is 0.346 bits per heavy atom. The van der Waals surface area contributed by atoms with Crippen LogP contribution in [0, 0.1) is 0 Å². The monoisotopic (exact) mass is 1140 g/mol. The van der Waals surface area contributed by atoms with Crippen LogP contribution in [0.4, 0.5) is 0 Å². The zero-order valence-electron chi connectivity index (χ0n) is 54.5. The number of amides is 1. The number of ether oxygens (including phenoxy) is 1. The van der Waals surface area contributed by atoms with Crippen LogP contribution in [0.3, 0.4) is 0 Å². The van der Waals surface area contributed by atoms with E-state index in [1.54, 1.807) is 6.08 Å². The van der Waals surface area contributed by atoms with E-state index in [2.05, 4.69) is 55.6 Å². The number of carbonyl (C=O) groups excluding carboxylic acids is 2. The molecule has 81 heavy (non-hydrogen) atoms. The van der Waals surface area contributed by atoms with Gasteiger partial charge in [-0.15, -0.1) is 0 Å². The number of aliphatic hydroxyl groups excluding tert-OH is 2. The smallest absolute Gasteiger partial charge is 0.305 e. The van der Waals surface area contributed by atoms with Crippen LogP contribution in [0.2, 0.25) is 0 Å². The SMILES string of the molecule is CCCCCC/C=C\C/C=C\CCCCCCCCCC(=O)OCCCCCCCCCCCC/C=C\CCCCCCCCCC(=O)NC(CO)C(O)/C=C/CCCCCCCCCCCCCCCCCCCCCCCCC. The molecule has 0 heterocycles. The van der Waals surface area contributed by atoms with Crippen molar-refractivity contribution in [1.29, 1.82) is 0 Å². The van der Waals surface area contributed by atoms with Gasteiger partial charge in [0.1, 0.15) is 0 Å². The molecule has 0 aromatic rings. The molecular weight excluding hydrogens is 995 g/mol. The molecule has 0 aliphatic carbocycles. The summed E-state index contributed by atoms with van der Waals surface area (Å²) >= 11 is 0. The quantitative estimate of drug-likeness (QED) is 0.0320. The van der Waals surface area contributed by atoms with E-state index in [1.807, 2.05) is 6.08 Å². The molecular formula is C75H141NO5. The first-order chi connectivity index (χ1) is 40.0. The summed E-state index contributed by atoms with van der Waals surface area (Å²) in [6.45, 7) is 4.91. The van der Waals surface area contributed by atoms with Crippen molar-refractivity contribution in [2.45, 2.75) is 405 Å². The first-order valence-corrected chi connectivity index (χ1v) is 36.4.